The largest absolute Gasteiger partial charge is 0.461 e. The predicted molar refractivity (Wildman–Crippen MR) is 112 cm³/mol. The first kappa shape index (κ1) is 20.0. The molecule has 0 unspecified atom stereocenters. The van der Waals surface area contributed by atoms with Crippen LogP contribution in [0.25, 0.3) is 0 Å². The van der Waals surface area contributed by atoms with E-state index in [-0.39, 0.29) is 23.7 Å². The van der Waals surface area contributed by atoms with Gasteiger partial charge in [0.1, 0.15) is 5.69 Å². The van der Waals surface area contributed by atoms with Gasteiger partial charge >= 0.3 is 5.97 Å². The molecule has 0 aliphatic carbocycles. The first-order valence-corrected chi connectivity index (χ1v) is 9.42. The van der Waals surface area contributed by atoms with E-state index in [1.54, 1.807) is 19.1 Å². The van der Waals surface area contributed by atoms with Gasteiger partial charge in [0.2, 0.25) is 0 Å². The maximum atomic E-state index is 12.4. The lowest BCUT2D eigenvalue weighted by Gasteiger charge is -2.06. The van der Waals surface area contributed by atoms with Crippen LogP contribution in [0.5, 0.6) is 0 Å². The fourth-order valence-electron chi connectivity index (χ4n) is 2.33. The molecular weight excluding hydrogens is 394 g/mol. The second-order valence-corrected chi connectivity index (χ2v) is 6.62. The second-order valence-electron chi connectivity index (χ2n) is 5.59. The highest BCUT2D eigenvalue weighted by Gasteiger charge is 2.20. The number of thiazole rings is 1. The van der Waals surface area contributed by atoms with E-state index in [0.29, 0.717) is 10.0 Å². The van der Waals surface area contributed by atoms with Gasteiger partial charge in [0, 0.05) is 11.8 Å². The number of carbonyl (C=O) groups excluding carboxylic acids is 1. The van der Waals surface area contributed by atoms with E-state index < -0.39 is 10.9 Å². The van der Waals surface area contributed by atoms with Crippen LogP contribution in [0.1, 0.15) is 11.8 Å². The summed E-state index contributed by atoms with van der Waals surface area (Å²) in [5.41, 5.74) is 3.42. The number of benzene rings is 2. The van der Waals surface area contributed by atoms with Gasteiger partial charge in [0.15, 0.2) is 10.8 Å². The van der Waals surface area contributed by atoms with Crippen LogP contribution in [-0.4, -0.2) is 28.2 Å². The summed E-state index contributed by atoms with van der Waals surface area (Å²) < 4.78 is 5.07. The molecule has 0 bridgehead atoms. The van der Waals surface area contributed by atoms with Gasteiger partial charge in [-0.1, -0.05) is 41.7 Å². The first-order valence-electron chi connectivity index (χ1n) is 8.61. The molecule has 9 nitrogen and oxygen atoms in total. The molecule has 0 atom stereocenters. The van der Waals surface area contributed by atoms with Crippen molar-refractivity contribution in [1.29, 1.82) is 0 Å². The van der Waals surface area contributed by atoms with Gasteiger partial charge in [-0.2, -0.15) is 5.10 Å². The number of hydrogen-bond acceptors (Lipinski definition) is 9. The van der Waals surface area contributed by atoms with E-state index in [2.05, 4.69) is 20.8 Å². The van der Waals surface area contributed by atoms with E-state index in [1.165, 1.54) is 29.7 Å². The van der Waals surface area contributed by atoms with Crippen molar-refractivity contribution in [2.45, 2.75) is 6.92 Å². The number of nitro benzene ring substituents is 1. The molecule has 3 aromatic rings. The highest BCUT2D eigenvalue weighted by molar-refractivity contribution is 7.18. The Kier molecular flexibility index (Phi) is 6.48. The standard InChI is InChI=1S/C19H17N5O4S/c1-2-28-18(25)17(23-22-14-10-6-7-11-15(14)24(26)27)16-12-20-19(29-16)21-13-8-4-3-5-9-13/h3-12,22H,2H2,1H3,(H,20,21). The maximum Gasteiger partial charge on any atom is 0.360 e. The van der Waals surface area contributed by atoms with Crippen molar-refractivity contribution < 1.29 is 14.5 Å². The number of hydrazone groups is 1. The molecule has 2 aromatic carbocycles. The van der Waals surface area contributed by atoms with Gasteiger partial charge in [-0.3, -0.25) is 15.5 Å². The lowest BCUT2D eigenvalue weighted by Crippen LogP contribution is -2.19. The van der Waals surface area contributed by atoms with Crippen molar-refractivity contribution in [2.24, 2.45) is 5.10 Å². The SMILES string of the molecule is CCOC(=O)C(=NNc1ccccc1[N+](=O)[O-])c1cnc(Nc2ccccc2)s1. The van der Waals surface area contributed by atoms with E-state index >= 15 is 0 Å². The molecule has 1 aromatic heterocycles. The first-order chi connectivity index (χ1) is 14.1. The fourth-order valence-corrected chi connectivity index (χ4v) is 3.14. The van der Waals surface area contributed by atoms with Crippen molar-refractivity contribution in [3.05, 3.63) is 75.8 Å². The number of rotatable bonds is 8. The molecule has 148 valence electrons. The van der Waals surface area contributed by atoms with Crippen LogP contribution >= 0.6 is 11.3 Å². The maximum absolute atomic E-state index is 12.4. The number of carbonyl (C=O) groups is 1. The second kappa shape index (κ2) is 9.42. The Morgan fingerprint density at radius 3 is 2.66 bits per heavy atom. The smallest absolute Gasteiger partial charge is 0.360 e. The fraction of sp³-hybridized carbons (Fsp3) is 0.105. The Hall–Kier alpha value is -3.79. The molecule has 0 spiro atoms. The Labute approximate surface area is 170 Å². The van der Waals surface area contributed by atoms with Crippen molar-refractivity contribution in [3.8, 4) is 0 Å². The zero-order valence-electron chi connectivity index (χ0n) is 15.4. The minimum Gasteiger partial charge on any atom is -0.461 e. The summed E-state index contributed by atoms with van der Waals surface area (Å²) in [4.78, 5) is 27.7. The predicted octanol–water partition coefficient (Wildman–Crippen LogP) is 4.17. The van der Waals surface area contributed by atoms with E-state index in [0.717, 1.165) is 5.69 Å². The minimum atomic E-state index is -0.659. The lowest BCUT2D eigenvalue weighted by molar-refractivity contribution is -0.384. The number of nitro groups is 1. The molecule has 29 heavy (non-hydrogen) atoms. The summed E-state index contributed by atoms with van der Waals surface area (Å²) in [5.74, 6) is -0.659. The molecule has 10 heteroatoms. The summed E-state index contributed by atoms with van der Waals surface area (Å²) in [7, 11) is 0. The molecule has 3 rings (SSSR count). The van der Waals surface area contributed by atoms with Gasteiger partial charge in [0.25, 0.3) is 5.69 Å². The number of ether oxygens (including phenoxy) is 1. The number of hydrogen-bond donors (Lipinski definition) is 2. The van der Waals surface area contributed by atoms with Crippen molar-refractivity contribution in [2.75, 3.05) is 17.3 Å². The Morgan fingerprint density at radius 2 is 1.93 bits per heavy atom. The third kappa shape index (κ3) is 5.14. The number of para-hydroxylation sites is 3. The topological polar surface area (TPSA) is 119 Å². The summed E-state index contributed by atoms with van der Waals surface area (Å²) in [6.45, 7) is 1.84. The van der Waals surface area contributed by atoms with Crippen LogP contribution in [0.2, 0.25) is 0 Å². The van der Waals surface area contributed by atoms with Crippen LogP contribution in [-0.2, 0) is 9.53 Å². The molecule has 0 amide bonds. The summed E-state index contributed by atoms with van der Waals surface area (Å²) in [5, 5.41) is 18.9. The molecule has 0 fully saturated rings. The molecular formula is C19H17N5O4S. The normalized spacial score (nSPS) is 11.0. The molecule has 0 aliphatic rings. The monoisotopic (exact) mass is 411 g/mol. The zero-order chi connectivity index (χ0) is 20.6. The summed E-state index contributed by atoms with van der Waals surface area (Å²) >= 11 is 1.21. The number of nitrogens with zero attached hydrogens (tertiary/aromatic N) is 3. The van der Waals surface area contributed by atoms with Crippen molar-refractivity contribution in [3.63, 3.8) is 0 Å². The Morgan fingerprint density at radius 1 is 1.21 bits per heavy atom. The summed E-state index contributed by atoms with van der Waals surface area (Å²) in [6, 6.07) is 15.5. The van der Waals surface area contributed by atoms with E-state index in [4.69, 9.17) is 4.74 Å². The quantitative estimate of drug-likeness (QED) is 0.247. The molecule has 0 radical (unpaired) electrons. The van der Waals surface area contributed by atoms with E-state index in [9.17, 15) is 14.9 Å². The van der Waals surface area contributed by atoms with Gasteiger partial charge < -0.3 is 10.1 Å². The van der Waals surface area contributed by atoms with Crippen LogP contribution in [0.15, 0.2) is 65.9 Å². The molecule has 0 saturated carbocycles. The van der Waals surface area contributed by atoms with Gasteiger partial charge in [0.05, 0.1) is 22.6 Å². The lowest BCUT2D eigenvalue weighted by atomic mass is 10.3. The van der Waals surface area contributed by atoms with Crippen molar-refractivity contribution >= 4 is 45.2 Å². The average Bonchev–Trinajstić information content (AvgIpc) is 3.17. The van der Waals surface area contributed by atoms with Crippen LogP contribution < -0.4 is 10.7 Å². The third-order valence-electron chi connectivity index (χ3n) is 3.62. The van der Waals surface area contributed by atoms with Gasteiger partial charge in [-0.05, 0) is 25.1 Å². The molecule has 1 heterocycles. The van der Waals surface area contributed by atoms with Gasteiger partial charge in [-0.15, -0.1) is 0 Å². The van der Waals surface area contributed by atoms with Crippen LogP contribution in [0, 0.1) is 10.1 Å². The number of aromatic nitrogens is 1. The zero-order valence-corrected chi connectivity index (χ0v) is 16.2. The third-order valence-corrected chi connectivity index (χ3v) is 4.54. The number of anilines is 3. The molecule has 0 aliphatic heterocycles. The van der Waals surface area contributed by atoms with Crippen molar-refractivity contribution in [1.82, 2.24) is 4.98 Å². The van der Waals surface area contributed by atoms with Crippen LogP contribution in [0.4, 0.5) is 22.2 Å². The highest BCUT2D eigenvalue weighted by Crippen LogP contribution is 2.25. The number of nitrogens with one attached hydrogen (secondary N) is 2. The van der Waals surface area contributed by atoms with Crippen LogP contribution in [0.3, 0.4) is 0 Å². The molecule has 2 N–H and O–H groups in total. The number of esters is 1. The summed E-state index contributed by atoms with van der Waals surface area (Å²) in [6.07, 6.45) is 1.49. The average molecular weight is 411 g/mol. The van der Waals surface area contributed by atoms with E-state index in [1.807, 2.05) is 30.3 Å². The highest BCUT2D eigenvalue weighted by atomic mass is 32.1. The Balaban J connectivity index is 1.87. The Bertz CT molecular complexity index is 1040. The van der Waals surface area contributed by atoms with Gasteiger partial charge in [-0.25, -0.2) is 9.78 Å². The minimum absolute atomic E-state index is 0.0244. The molecule has 0 saturated heterocycles.